The molecule has 2 aromatic rings. The molecule has 0 spiro atoms. The summed E-state index contributed by atoms with van der Waals surface area (Å²) in [6, 6.07) is 5.80. The fourth-order valence-electron chi connectivity index (χ4n) is 2.77. The molecule has 1 fully saturated rings. The number of fused-ring (bicyclic) bond motifs is 1. The summed E-state index contributed by atoms with van der Waals surface area (Å²) >= 11 is 0. The quantitative estimate of drug-likeness (QED) is 0.809. The normalized spacial score (nSPS) is 14.7. The number of H-pyrrole nitrogens is 1. The Morgan fingerprint density at radius 2 is 1.96 bits per heavy atom. The molecule has 24 heavy (non-hydrogen) atoms. The number of nitrogen functional groups attached to an aromatic ring is 1. The first kappa shape index (κ1) is 16.4. The molecule has 0 aliphatic heterocycles. The Bertz CT molecular complexity index is 812. The van der Waals surface area contributed by atoms with Gasteiger partial charge in [0.15, 0.2) is 0 Å². The highest BCUT2D eigenvalue weighted by atomic mass is 16.2. The maximum absolute atomic E-state index is 12.4. The van der Waals surface area contributed by atoms with E-state index in [9.17, 15) is 9.59 Å². The molecular formula is C18H24N4O2. The monoisotopic (exact) mass is 328 g/mol. The zero-order chi connectivity index (χ0) is 17.6. The minimum absolute atomic E-state index is 0.0214. The predicted octanol–water partition coefficient (Wildman–Crippen LogP) is 2.65. The molecule has 3 rings (SSSR count). The van der Waals surface area contributed by atoms with E-state index < -0.39 is 5.41 Å². The van der Waals surface area contributed by atoms with Crippen LogP contribution >= 0.6 is 0 Å². The zero-order valence-corrected chi connectivity index (χ0v) is 14.6. The van der Waals surface area contributed by atoms with Crippen LogP contribution in [0, 0.1) is 5.41 Å². The van der Waals surface area contributed by atoms with Gasteiger partial charge < -0.3 is 20.9 Å². The Labute approximate surface area is 141 Å². The number of hydrogen-bond acceptors (Lipinski definition) is 3. The molecule has 0 radical (unpaired) electrons. The molecule has 4 N–H and O–H groups in total. The highest BCUT2D eigenvalue weighted by Crippen LogP contribution is 2.30. The van der Waals surface area contributed by atoms with Crippen LogP contribution < -0.4 is 16.0 Å². The Balaban J connectivity index is 1.95. The fraction of sp³-hybridized carbons (Fsp3) is 0.444. The largest absolute Gasteiger partial charge is 0.385 e. The summed E-state index contributed by atoms with van der Waals surface area (Å²) in [6.45, 7) is 5.66. The molecule has 1 heterocycles. The standard InChI is InChI=1S/C18H24N4O2/c1-18(2,3)17(24)22(4)11-7-8-12-13(9-11)21-15(19)14(12)16(23)20-10-5-6-10/h7-10,21H,5-6,19H2,1-4H3,(H,20,23). The number of rotatable bonds is 3. The van der Waals surface area contributed by atoms with E-state index in [1.54, 1.807) is 11.9 Å². The highest BCUT2D eigenvalue weighted by Gasteiger charge is 2.28. The zero-order valence-electron chi connectivity index (χ0n) is 14.6. The average molecular weight is 328 g/mol. The first-order chi connectivity index (χ1) is 11.2. The van der Waals surface area contributed by atoms with Crippen LogP contribution in [0.4, 0.5) is 11.5 Å². The molecule has 0 saturated heterocycles. The molecule has 1 aromatic carbocycles. The van der Waals surface area contributed by atoms with Crippen LogP contribution in [0.2, 0.25) is 0 Å². The molecule has 1 aromatic heterocycles. The number of nitrogens with zero attached hydrogens (tertiary/aromatic N) is 1. The van der Waals surface area contributed by atoms with Gasteiger partial charge >= 0.3 is 0 Å². The van der Waals surface area contributed by atoms with Gasteiger partial charge in [-0.2, -0.15) is 0 Å². The van der Waals surface area contributed by atoms with Gasteiger partial charge in [0, 0.05) is 35.1 Å². The van der Waals surface area contributed by atoms with E-state index in [0.717, 1.165) is 29.4 Å². The lowest BCUT2D eigenvalue weighted by molar-refractivity contribution is -0.125. The maximum atomic E-state index is 12.4. The van der Waals surface area contributed by atoms with Gasteiger partial charge in [0.2, 0.25) is 5.91 Å². The number of benzene rings is 1. The van der Waals surface area contributed by atoms with Gasteiger partial charge in [0.05, 0.1) is 5.56 Å². The second-order valence-electron chi connectivity index (χ2n) is 7.51. The second kappa shape index (κ2) is 5.54. The number of carbonyl (C=O) groups is 2. The van der Waals surface area contributed by atoms with E-state index >= 15 is 0 Å². The Kier molecular flexibility index (Phi) is 3.78. The number of hydrogen-bond donors (Lipinski definition) is 3. The van der Waals surface area contributed by atoms with Crippen molar-refractivity contribution in [2.45, 2.75) is 39.7 Å². The molecule has 6 heteroatoms. The lowest BCUT2D eigenvalue weighted by atomic mass is 9.94. The summed E-state index contributed by atoms with van der Waals surface area (Å²) in [5, 5.41) is 3.73. The Hall–Kier alpha value is -2.50. The van der Waals surface area contributed by atoms with E-state index in [1.807, 2.05) is 39.0 Å². The minimum Gasteiger partial charge on any atom is -0.385 e. The van der Waals surface area contributed by atoms with E-state index in [1.165, 1.54) is 0 Å². The van der Waals surface area contributed by atoms with Gasteiger partial charge in [0.1, 0.15) is 5.82 Å². The van der Waals surface area contributed by atoms with Crippen molar-refractivity contribution in [3.8, 4) is 0 Å². The van der Waals surface area contributed by atoms with Crippen molar-refractivity contribution < 1.29 is 9.59 Å². The van der Waals surface area contributed by atoms with Crippen LogP contribution in [0.15, 0.2) is 18.2 Å². The van der Waals surface area contributed by atoms with E-state index in [2.05, 4.69) is 10.3 Å². The molecular weight excluding hydrogens is 304 g/mol. The number of aromatic nitrogens is 1. The van der Waals surface area contributed by atoms with Gasteiger partial charge in [-0.3, -0.25) is 9.59 Å². The molecule has 1 saturated carbocycles. The highest BCUT2D eigenvalue weighted by molar-refractivity contribution is 6.12. The Morgan fingerprint density at radius 1 is 1.29 bits per heavy atom. The summed E-state index contributed by atoms with van der Waals surface area (Å²) < 4.78 is 0. The van der Waals surface area contributed by atoms with Crippen molar-refractivity contribution in [3.05, 3.63) is 23.8 Å². The second-order valence-corrected chi connectivity index (χ2v) is 7.51. The van der Waals surface area contributed by atoms with Crippen LogP contribution in [-0.2, 0) is 4.79 Å². The fourth-order valence-corrected chi connectivity index (χ4v) is 2.77. The summed E-state index contributed by atoms with van der Waals surface area (Å²) in [5.74, 6) is 0.228. The third-order valence-electron chi connectivity index (χ3n) is 4.28. The smallest absolute Gasteiger partial charge is 0.255 e. The molecule has 0 unspecified atom stereocenters. The average Bonchev–Trinajstić information content (AvgIpc) is 3.23. The van der Waals surface area contributed by atoms with Gasteiger partial charge in [0.25, 0.3) is 5.91 Å². The third kappa shape index (κ3) is 2.96. The van der Waals surface area contributed by atoms with Crippen LogP contribution in [0.1, 0.15) is 44.0 Å². The first-order valence-corrected chi connectivity index (χ1v) is 8.18. The van der Waals surface area contributed by atoms with Crippen molar-refractivity contribution in [1.82, 2.24) is 10.3 Å². The van der Waals surface area contributed by atoms with E-state index in [4.69, 9.17) is 5.73 Å². The van der Waals surface area contributed by atoms with Crippen molar-refractivity contribution >= 4 is 34.2 Å². The molecule has 128 valence electrons. The van der Waals surface area contributed by atoms with Gasteiger partial charge in [-0.25, -0.2) is 0 Å². The number of nitrogens with two attached hydrogens (primary N) is 1. The van der Waals surface area contributed by atoms with Crippen molar-refractivity contribution in [2.24, 2.45) is 5.41 Å². The number of amides is 2. The van der Waals surface area contributed by atoms with Crippen LogP contribution in [0.25, 0.3) is 10.9 Å². The Morgan fingerprint density at radius 3 is 2.54 bits per heavy atom. The maximum Gasteiger partial charge on any atom is 0.255 e. The summed E-state index contributed by atoms with van der Waals surface area (Å²) in [5.41, 5.74) is 7.54. The summed E-state index contributed by atoms with van der Waals surface area (Å²) in [7, 11) is 1.75. The van der Waals surface area contributed by atoms with Crippen LogP contribution in [0.3, 0.4) is 0 Å². The van der Waals surface area contributed by atoms with Crippen LogP contribution in [0.5, 0.6) is 0 Å². The molecule has 2 amide bonds. The SMILES string of the molecule is CN(C(=O)C(C)(C)C)c1ccc2c(C(=O)NC3CC3)c(N)[nH]c2c1. The van der Waals surface area contributed by atoms with Gasteiger partial charge in [-0.1, -0.05) is 20.8 Å². The van der Waals surface area contributed by atoms with Crippen molar-refractivity contribution in [2.75, 3.05) is 17.7 Å². The first-order valence-electron chi connectivity index (χ1n) is 8.18. The van der Waals surface area contributed by atoms with Crippen LogP contribution in [-0.4, -0.2) is 29.9 Å². The summed E-state index contributed by atoms with van der Waals surface area (Å²) in [4.78, 5) is 29.5. The predicted molar refractivity (Wildman–Crippen MR) is 96.1 cm³/mol. The molecule has 0 atom stereocenters. The van der Waals surface area contributed by atoms with Gasteiger partial charge in [-0.05, 0) is 31.0 Å². The number of aromatic amines is 1. The van der Waals surface area contributed by atoms with Crippen molar-refractivity contribution in [3.63, 3.8) is 0 Å². The molecule has 1 aliphatic rings. The minimum atomic E-state index is -0.465. The number of nitrogens with one attached hydrogen (secondary N) is 2. The molecule has 0 bridgehead atoms. The topological polar surface area (TPSA) is 91.2 Å². The molecule has 1 aliphatic carbocycles. The summed E-state index contributed by atoms with van der Waals surface area (Å²) in [6.07, 6.45) is 2.05. The number of carbonyl (C=O) groups excluding carboxylic acids is 2. The van der Waals surface area contributed by atoms with E-state index in [0.29, 0.717) is 11.4 Å². The number of anilines is 2. The van der Waals surface area contributed by atoms with E-state index in [-0.39, 0.29) is 17.9 Å². The lowest BCUT2D eigenvalue weighted by Crippen LogP contribution is -2.36. The third-order valence-corrected chi connectivity index (χ3v) is 4.28. The van der Waals surface area contributed by atoms with Crippen molar-refractivity contribution in [1.29, 1.82) is 0 Å². The lowest BCUT2D eigenvalue weighted by Gasteiger charge is -2.26. The van der Waals surface area contributed by atoms with Gasteiger partial charge in [-0.15, -0.1) is 0 Å². The molecule has 6 nitrogen and oxygen atoms in total.